The number of rotatable bonds is 6. The Balaban J connectivity index is 1.46. The van der Waals surface area contributed by atoms with Gasteiger partial charge in [0.25, 0.3) is 16.1 Å². The SMILES string of the molecule is C=C(CCNS(=O)(=O)N1CC(F)(F)C1)n1cnc2cnc3[nH]ccc3c21. The first-order valence-electron chi connectivity index (χ1n) is 7.87. The molecule has 1 aliphatic heterocycles. The molecule has 1 saturated heterocycles. The zero-order valence-electron chi connectivity index (χ0n) is 13.6. The molecule has 8 nitrogen and oxygen atoms in total. The third-order valence-electron chi connectivity index (χ3n) is 4.29. The summed E-state index contributed by atoms with van der Waals surface area (Å²) < 4.78 is 54.4. The molecule has 0 bridgehead atoms. The smallest absolute Gasteiger partial charge is 0.279 e. The van der Waals surface area contributed by atoms with Crippen molar-refractivity contribution < 1.29 is 17.2 Å². The van der Waals surface area contributed by atoms with Gasteiger partial charge in [0.15, 0.2) is 0 Å². The molecule has 2 N–H and O–H groups in total. The fourth-order valence-electron chi connectivity index (χ4n) is 2.92. The highest BCUT2D eigenvalue weighted by Gasteiger charge is 2.49. The molecule has 0 aromatic carbocycles. The van der Waals surface area contributed by atoms with Gasteiger partial charge in [0, 0.05) is 30.2 Å². The highest BCUT2D eigenvalue weighted by Crippen LogP contribution is 2.28. The number of nitrogens with zero attached hydrogens (tertiary/aromatic N) is 4. The Labute approximate surface area is 147 Å². The highest BCUT2D eigenvalue weighted by atomic mass is 32.2. The van der Waals surface area contributed by atoms with Crippen molar-refractivity contribution >= 4 is 38.0 Å². The molecule has 1 fully saturated rings. The Bertz CT molecular complexity index is 1100. The second-order valence-corrected chi connectivity index (χ2v) is 7.94. The number of nitrogens with one attached hydrogen (secondary N) is 2. The van der Waals surface area contributed by atoms with E-state index in [1.54, 1.807) is 23.3 Å². The number of aromatic nitrogens is 4. The molecule has 0 aliphatic carbocycles. The van der Waals surface area contributed by atoms with Crippen LogP contribution >= 0.6 is 0 Å². The third kappa shape index (κ3) is 2.87. The maximum atomic E-state index is 12.8. The van der Waals surface area contributed by atoms with Crippen LogP contribution < -0.4 is 4.72 Å². The van der Waals surface area contributed by atoms with Gasteiger partial charge < -0.3 is 9.55 Å². The van der Waals surface area contributed by atoms with Crippen LogP contribution in [0, 0.1) is 0 Å². The van der Waals surface area contributed by atoms with Crippen LogP contribution in [0.5, 0.6) is 0 Å². The Morgan fingerprint density at radius 1 is 1.38 bits per heavy atom. The normalized spacial score (nSPS) is 17.6. The maximum Gasteiger partial charge on any atom is 0.279 e. The lowest BCUT2D eigenvalue weighted by Gasteiger charge is -2.37. The predicted molar refractivity (Wildman–Crippen MR) is 92.8 cm³/mol. The van der Waals surface area contributed by atoms with Crippen LogP contribution in [0.1, 0.15) is 6.42 Å². The number of hydrogen-bond donors (Lipinski definition) is 2. The van der Waals surface area contributed by atoms with E-state index in [2.05, 4.69) is 26.3 Å². The summed E-state index contributed by atoms with van der Waals surface area (Å²) in [6.07, 6.45) is 5.31. The van der Waals surface area contributed by atoms with E-state index in [9.17, 15) is 17.2 Å². The standard InChI is InChI=1S/C15H16F2N6O2S/c1-10(2-5-21-26(24,25)22-7-15(16,17)8-22)23-9-20-12-6-19-14-11(13(12)23)3-4-18-14/h3-4,6,9,21H,1-2,5,7-8H2,(H,18,19). The van der Waals surface area contributed by atoms with Gasteiger partial charge in [-0.15, -0.1) is 0 Å². The van der Waals surface area contributed by atoms with Crippen LogP contribution in [-0.4, -0.2) is 57.8 Å². The van der Waals surface area contributed by atoms with Crippen LogP contribution in [0.25, 0.3) is 27.8 Å². The van der Waals surface area contributed by atoms with E-state index in [0.717, 1.165) is 15.2 Å². The van der Waals surface area contributed by atoms with Crippen molar-refractivity contribution in [1.82, 2.24) is 28.5 Å². The van der Waals surface area contributed by atoms with E-state index in [1.807, 2.05) is 6.07 Å². The van der Waals surface area contributed by atoms with E-state index in [0.29, 0.717) is 23.3 Å². The van der Waals surface area contributed by atoms with Crippen molar-refractivity contribution in [1.29, 1.82) is 0 Å². The van der Waals surface area contributed by atoms with E-state index in [1.165, 1.54) is 0 Å². The topological polar surface area (TPSA) is 95.9 Å². The van der Waals surface area contributed by atoms with Gasteiger partial charge in [0.1, 0.15) is 17.5 Å². The molecule has 0 atom stereocenters. The number of hydrogen-bond acceptors (Lipinski definition) is 4. The summed E-state index contributed by atoms with van der Waals surface area (Å²) in [6, 6.07) is 1.88. The largest absolute Gasteiger partial charge is 0.346 e. The molecule has 0 radical (unpaired) electrons. The monoisotopic (exact) mass is 382 g/mol. The minimum atomic E-state index is -3.90. The van der Waals surface area contributed by atoms with Crippen LogP contribution in [0.15, 0.2) is 31.4 Å². The van der Waals surface area contributed by atoms with Crippen molar-refractivity contribution in [3.05, 3.63) is 31.4 Å². The van der Waals surface area contributed by atoms with E-state index < -0.39 is 29.2 Å². The summed E-state index contributed by atoms with van der Waals surface area (Å²) in [6.45, 7) is 2.46. The van der Waals surface area contributed by atoms with Crippen molar-refractivity contribution in [2.24, 2.45) is 0 Å². The van der Waals surface area contributed by atoms with Crippen molar-refractivity contribution in [2.45, 2.75) is 12.3 Å². The van der Waals surface area contributed by atoms with Gasteiger partial charge in [-0.3, -0.25) is 0 Å². The third-order valence-corrected chi connectivity index (χ3v) is 5.79. The Morgan fingerprint density at radius 2 is 2.15 bits per heavy atom. The number of pyridine rings is 1. The summed E-state index contributed by atoms with van der Waals surface area (Å²) in [4.78, 5) is 11.6. The molecule has 0 saturated carbocycles. The second-order valence-electron chi connectivity index (χ2n) is 6.19. The molecule has 0 spiro atoms. The number of imidazole rings is 1. The minimum absolute atomic E-state index is 0.0459. The van der Waals surface area contributed by atoms with Crippen LogP contribution in [0.4, 0.5) is 8.78 Å². The molecule has 4 heterocycles. The number of alkyl halides is 2. The molecule has 0 unspecified atom stereocenters. The fraction of sp³-hybridized carbons (Fsp3) is 0.333. The van der Waals surface area contributed by atoms with Crippen molar-refractivity contribution in [3.63, 3.8) is 0 Å². The van der Waals surface area contributed by atoms with Gasteiger partial charge in [0.05, 0.1) is 24.8 Å². The van der Waals surface area contributed by atoms with Gasteiger partial charge in [-0.2, -0.15) is 12.7 Å². The zero-order valence-corrected chi connectivity index (χ0v) is 14.4. The molecule has 138 valence electrons. The average Bonchev–Trinajstić information content (AvgIpc) is 3.17. The van der Waals surface area contributed by atoms with E-state index in [4.69, 9.17) is 0 Å². The first kappa shape index (κ1) is 17.1. The summed E-state index contributed by atoms with van der Waals surface area (Å²) in [5.74, 6) is -2.94. The maximum absolute atomic E-state index is 12.8. The highest BCUT2D eigenvalue weighted by molar-refractivity contribution is 7.87. The summed E-state index contributed by atoms with van der Waals surface area (Å²) in [7, 11) is -3.90. The number of H-pyrrole nitrogens is 1. The minimum Gasteiger partial charge on any atom is -0.346 e. The van der Waals surface area contributed by atoms with Gasteiger partial charge >= 0.3 is 0 Å². The van der Waals surface area contributed by atoms with Crippen LogP contribution in [0.3, 0.4) is 0 Å². The molecule has 3 aromatic rings. The number of aromatic amines is 1. The summed E-state index contributed by atoms with van der Waals surface area (Å²) in [5.41, 5.74) is 2.86. The molecule has 1 aliphatic rings. The van der Waals surface area contributed by atoms with E-state index in [-0.39, 0.29) is 6.54 Å². The van der Waals surface area contributed by atoms with Crippen molar-refractivity contribution in [3.8, 4) is 0 Å². The molecule has 26 heavy (non-hydrogen) atoms. The van der Waals surface area contributed by atoms with Gasteiger partial charge in [-0.25, -0.2) is 23.5 Å². The fourth-order valence-corrected chi connectivity index (χ4v) is 4.18. The number of fused-ring (bicyclic) bond motifs is 3. The summed E-state index contributed by atoms with van der Waals surface area (Å²) in [5, 5.41) is 0.879. The predicted octanol–water partition coefficient (Wildman–Crippen LogP) is 1.56. The van der Waals surface area contributed by atoms with Gasteiger partial charge in [-0.1, -0.05) is 6.58 Å². The van der Waals surface area contributed by atoms with Gasteiger partial charge in [-0.05, 0) is 6.07 Å². The molecule has 11 heteroatoms. The van der Waals surface area contributed by atoms with Crippen molar-refractivity contribution in [2.75, 3.05) is 19.6 Å². The average molecular weight is 382 g/mol. The first-order valence-corrected chi connectivity index (χ1v) is 9.31. The molecule has 4 rings (SSSR count). The number of halogens is 2. The Kier molecular flexibility index (Phi) is 3.82. The lowest BCUT2D eigenvalue weighted by Crippen LogP contribution is -2.61. The lowest BCUT2D eigenvalue weighted by atomic mass is 10.2. The van der Waals surface area contributed by atoms with E-state index >= 15 is 0 Å². The molecular weight excluding hydrogens is 366 g/mol. The quantitative estimate of drug-likeness (QED) is 0.676. The second kappa shape index (κ2) is 5.83. The zero-order chi connectivity index (χ0) is 18.5. The molecule has 0 amide bonds. The Hall–Kier alpha value is -2.37. The molecular formula is C15H16F2N6O2S. The van der Waals surface area contributed by atoms with Crippen LogP contribution in [-0.2, 0) is 10.2 Å². The van der Waals surface area contributed by atoms with Gasteiger partial charge in [0.2, 0.25) is 0 Å². The first-order chi connectivity index (χ1) is 12.3. The van der Waals surface area contributed by atoms with Crippen LogP contribution in [0.2, 0.25) is 0 Å². The lowest BCUT2D eigenvalue weighted by molar-refractivity contribution is -0.0949. The Morgan fingerprint density at radius 3 is 2.88 bits per heavy atom. The molecule has 3 aromatic heterocycles. The summed E-state index contributed by atoms with van der Waals surface area (Å²) >= 11 is 0.